The number of imidazole rings is 1. The summed E-state index contributed by atoms with van der Waals surface area (Å²) >= 11 is 3.30. The second-order valence-corrected chi connectivity index (χ2v) is 4.97. The van der Waals surface area contributed by atoms with Crippen LogP contribution in [0.2, 0.25) is 0 Å². The first-order valence-electron chi connectivity index (χ1n) is 4.98. The highest BCUT2D eigenvalue weighted by molar-refractivity contribution is 9.10. The minimum Gasteiger partial charge on any atom is -0.331 e. The fourth-order valence-corrected chi connectivity index (χ4v) is 2.36. The Morgan fingerprint density at radius 3 is 2.87 bits per heavy atom. The van der Waals surface area contributed by atoms with Crippen LogP contribution in [-0.4, -0.2) is 9.55 Å². The fourth-order valence-electron chi connectivity index (χ4n) is 1.94. The molecule has 0 amide bonds. The Labute approximate surface area is 95.2 Å². The molecule has 1 fully saturated rings. The highest BCUT2D eigenvalue weighted by atomic mass is 79.9. The zero-order chi connectivity index (χ0) is 10.6. The molecule has 0 aliphatic heterocycles. The van der Waals surface area contributed by atoms with Gasteiger partial charge in [0, 0.05) is 17.4 Å². The summed E-state index contributed by atoms with van der Waals surface area (Å²) in [6.45, 7) is 0. The van der Waals surface area contributed by atoms with Crippen LogP contribution >= 0.6 is 15.9 Å². The summed E-state index contributed by atoms with van der Waals surface area (Å²) in [5.74, 6) is 1.31. The van der Waals surface area contributed by atoms with Crippen LogP contribution in [0.15, 0.2) is 16.6 Å². The largest absolute Gasteiger partial charge is 0.331 e. The number of fused-ring (bicyclic) bond motifs is 1. The third kappa shape index (κ3) is 1.39. The first-order chi connectivity index (χ1) is 7.16. The molecule has 2 nitrogen and oxygen atoms in total. The summed E-state index contributed by atoms with van der Waals surface area (Å²) in [5.41, 5.74) is 1.35. The van der Waals surface area contributed by atoms with Crippen molar-refractivity contribution in [1.82, 2.24) is 9.55 Å². The standard InChI is InChI=1S/C11H10BrFN2/c1-15-9-5-7(12)4-8(13)10(9)14-11(15)6-2-3-6/h4-6H,2-3H2,1H3. The van der Waals surface area contributed by atoms with E-state index in [4.69, 9.17) is 0 Å². The second kappa shape index (κ2) is 3.04. The van der Waals surface area contributed by atoms with Gasteiger partial charge in [0.1, 0.15) is 11.3 Å². The molecule has 1 aliphatic carbocycles. The second-order valence-electron chi connectivity index (χ2n) is 4.06. The third-order valence-corrected chi connectivity index (χ3v) is 3.34. The van der Waals surface area contributed by atoms with Gasteiger partial charge in [-0.2, -0.15) is 0 Å². The molecule has 15 heavy (non-hydrogen) atoms. The maximum Gasteiger partial charge on any atom is 0.152 e. The topological polar surface area (TPSA) is 17.8 Å². The summed E-state index contributed by atoms with van der Waals surface area (Å²) in [5, 5.41) is 0. The van der Waals surface area contributed by atoms with Gasteiger partial charge in [-0.25, -0.2) is 9.37 Å². The number of aryl methyl sites for hydroxylation is 1. The fraction of sp³-hybridized carbons (Fsp3) is 0.364. The minimum atomic E-state index is -0.248. The van der Waals surface area contributed by atoms with Gasteiger partial charge in [-0.15, -0.1) is 0 Å². The van der Waals surface area contributed by atoms with E-state index in [1.807, 2.05) is 17.7 Å². The van der Waals surface area contributed by atoms with Crippen LogP contribution < -0.4 is 0 Å². The lowest BCUT2D eigenvalue weighted by Crippen LogP contribution is -1.94. The number of hydrogen-bond acceptors (Lipinski definition) is 1. The monoisotopic (exact) mass is 268 g/mol. The Morgan fingerprint density at radius 2 is 2.20 bits per heavy atom. The number of rotatable bonds is 1. The molecular weight excluding hydrogens is 259 g/mol. The first kappa shape index (κ1) is 9.33. The molecule has 0 unspecified atom stereocenters. The molecule has 0 bridgehead atoms. The van der Waals surface area contributed by atoms with Crippen LogP contribution in [0.1, 0.15) is 24.6 Å². The molecular formula is C11H10BrFN2. The molecule has 1 saturated carbocycles. The number of benzene rings is 1. The molecule has 2 aromatic rings. The van der Waals surface area contributed by atoms with Gasteiger partial charge in [-0.3, -0.25) is 0 Å². The summed E-state index contributed by atoms with van der Waals surface area (Å²) in [7, 11) is 1.95. The molecule has 1 aromatic heterocycles. The van der Waals surface area contributed by atoms with E-state index in [1.165, 1.54) is 18.9 Å². The molecule has 0 spiro atoms. The van der Waals surface area contributed by atoms with Crippen molar-refractivity contribution >= 4 is 27.0 Å². The summed E-state index contributed by atoms with van der Waals surface area (Å²) in [6, 6.07) is 3.38. The normalized spacial score (nSPS) is 16.2. The van der Waals surface area contributed by atoms with Crippen LogP contribution in [0.4, 0.5) is 4.39 Å². The zero-order valence-electron chi connectivity index (χ0n) is 8.30. The lowest BCUT2D eigenvalue weighted by atomic mass is 10.3. The smallest absolute Gasteiger partial charge is 0.152 e. The first-order valence-corrected chi connectivity index (χ1v) is 5.77. The molecule has 78 valence electrons. The SMILES string of the molecule is Cn1c(C2CC2)nc2c(F)cc(Br)cc21. The molecule has 4 heteroatoms. The lowest BCUT2D eigenvalue weighted by Gasteiger charge is -1.99. The van der Waals surface area contributed by atoms with Gasteiger partial charge in [0.05, 0.1) is 5.52 Å². The van der Waals surface area contributed by atoms with Crippen LogP contribution in [0.25, 0.3) is 11.0 Å². The van der Waals surface area contributed by atoms with Crippen molar-refractivity contribution in [2.45, 2.75) is 18.8 Å². The van der Waals surface area contributed by atoms with E-state index < -0.39 is 0 Å². The zero-order valence-corrected chi connectivity index (χ0v) is 9.88. The van der Waals surface area contributed by atoms with E-state index >= 15 is 0 Å². The molecule has 1 aromatic carbocycles. The van der Waals surface area contributed by atoms with Crippen molar-refractivity contribution in [3.63, 3.8) is 0 Å². The molecule has 0 N–H and O–H groups in total. The van der Waals surface area contributed by atoms with Crippen molar-refractivity contribution in [2.75, 3.05) is 0 Å². The average Bonchev–Trinajstić information content (AvgIpc) is 2.94. The van der Waals surface area contributed by atoms with Gasteiger partial charge >= 0.3 is 0 Å². The van der Waals surface area contributed by atoms with Crippen molar-refractivity contribution in [3.8, 4) is 0 Å². The van der Waals surface area contributed by atoms with Crippen molar-refractivity contribution in [3.05, 3.63) is 28.2 Å². The van der Waals surface area contributed by atoms with Gasteiger partial charge in [-0.1, -0.05) is 15.9 Å². The average molecular weight is 269 g/mol. The minimum absolute atomic E-state index is 0.248. The quantitative estimate of drug-likeness (QED) is 0.776. The highest BCUT2D eigenvalue weighted by Gasteiger charge is 2.29. The van der Waals surface area contributed by atoms with Gasteiger partial charge in [0.25, 0.3) is 0 Å². The lowest BCUT2D eigenvalue weighted by molar-refractivity contribution is 0.636. The van der Waals surface area contributed by atoms with E-state index in [9.17, 15) is 4.39 Å². The third-order valence-electron chi connectivity index (χ3n) is 2.88. The van der Waals surface area contributed by atoms with E-state index in [2.05, 4.69) is 20.9 Å². The van der Waals surface area contributed by atoms with E-state index in [0.717, 1.165) is 15.8 Å². The van der Waals surface area contributed by atoms with E-state index in [0.29, 0.717) is 11.4 Å². The predicted octanol–water partition coefficient (Wildman–Crippen LogP) is 3.35. The summed E-state index contributed by atoms with van der Waals surface area (Å²) < 4.78 is 16.4. The molecule has 1 heterocycles. The maximum atomic E-state index is 13.6. The summed E-state index contributed by atoms with van der Waals surface area (Å²) in [6.07, 6.45) is 2.36. The Balaban J connectivity index is 2.34. The van der Waals surface area contributed by atoms with Crippen LogP contribution in [0.3, 0.4) is 0 Å². The molecule has 1 aliphatic rings. The Hall–Kier alpha value is -0.900. The molecule has 0 atom stereocenters. The number of aromatic nitrogens is 2. The van der Waals surface area contributed by atoms with E-state index in [1.54, 1.807) is 0 Å². The van der Waals surface area contributed by atoms with Crippen molar-refractivity contribution < 1.29 is 4.39 Å². The Kier molecular flexibility index (Phi) is 1.89. The van der Waals surface area contributed by atoms with E-state index in [-0.39, 0.29) is 5.82 Å². The molecule has 0 saturated heterocycles. The van der Waals surface area contributed by atoms with Crippen molar-refractivity contribution in [2.24, 2.45) is 7.05 Å². The predicted molar refractivity (Wildman–Crippen MR) is 60.3 cm³/mol. The Morgan fingerprint density at radius 1 is 1.47 bits per heavy atom. The van der Waals surface area contributed by atoms with Crippen LogP contribution in [0.5, 0.6) is 0 Å². The Bertz CT molecular complexity index is 543. The van der Waals surface area contributed by atoms with Crippen molar-refractivity contribution in [1.29, 1.82) is 0 Å². The summed E-state index contributed by atoms with van der Waals surface area (Å²) in [4.78, 5) is 4.38. The van der Waals surface area contributed by atoms with Crippen LogP contribution in [-0.2, 0) is 7.05 Å². The van der Waals surface area contributed by atoms with Gasteiger partial charge in [0.15, 0.2) is 5.82 Å². The number of halogens is 2. The highest BCUT2D eigenvalue weighted by Crippen LogP contribution is 2.40. The maximum absolute atomic E-state index is 13.6. The number of hydrogen-bond donors (Lipinski definition) is 0. The van der Waals surface area contributed by atoms with Gasteiger partial charge in [-0.05, 0) is 25.0 Å². The molecule has 3 rings (SSSR count). The number of nitrogens with zero attached hydrogens (tertiary/aromatic N) is 2. The van der Waals surface area contributed by atoms with Crippen LogP contribution in [0, 0.1) is 5.82 Å². The molecule has 0 radical (unpaired) electrons. The van der Waals surface area contributed by atoms with Gasteiger partial charge < -0.3 is 4.57 Å². The van der Waals surface area contributed by atoms with Gasteiger partial charge in [0.2, 0.25) is 0 Å².